The van der Waals surface area contributed by atoms with Gasteiger partial charge in [0.25, 0.3) is 0 Å². The number of aromatic nitrogens is 1. The molecule has 5 nitrogen and oxygen atoms in total. The van der Waals surface area contributed by atoms with Crippen LogP contribution in [-0.4, -0.2) is 35.4 Å². The number of carbonyl (C=O) groups is 1. The molecule has 0 aliphatic carbocycles. The monoisotopic (exact) mass is 270 g/mol. The van der Waals surface area contributed by atoms with Gasteiger partial charge in [-0.15, -0.1) is 0 Å². The fourth-order valence-electron chi connectivity index (χ4n) is 2.62. The maximum Gasteiger partial charge on any atom is 0.241 e. The Kier molecular flexibility index (Phi) is 3.41. The summed E-state index contributed by atoms with van der Waals surface area (Å²) >= 11 is 0. The Bertz CT molecular complexity index is 635. The van der Waals surface area contributed by atoms with Crippen LogP contribution in [0.25, 0.3) is 10.8 Å². The molecule has 0 saturated carbocycles. The van der Waals surface area contributed by atoms with E-state index in [0.29, 0.717) is 6.54 Å². The lowest BCUT2D eigenvalue weighted by molar-refractivity contribution is -0.128. The van der Waals surface area contributed by atoms with E-state index in [1.165, 1.54) is 0 Å². The van der Waals surface area contributed by atoms with Crippen LogP contribution < -0.4 is 11.1 Å². The molecule has 1 aromatic carbocycles. The van der Waals surface area contributed by atoms with Gasteiger partial charge in [0.2, 0.25) is 5.91 Å². The molecular weight excluding hydrogens is 252 g/mol. The number of anilines is 2. The van der Waals surface area contributed by atoms with Crippen LogP contribution in [0.3, 0.4) is 0 Å². The molecule has 0 atom stereocenters. The molecule has 1 aliphatic rings. The summed E-state index contributed by atoms with van der Waals surface area (Å²) in [6, 6.07) is 5.64. The number of benzene rings is 1. The molecule has 2 heterocycles. The average Bonchev–Trinajstić information content (AvgIpc) is 3.01. The van der Waals surface area contributed by atoms with E-state index >= 15 is 0 Å². The molecule has 104 valence electrons. The second-order valence-electron chi connectivity index (χ2n) is 5.07. The van der Waals surface area contributed by atoms with E-state index in [1.807, 2.05) is 23.1 Å². The summed E-state index contributed by atoms with van der Waals surface area (Å²) in [6.45, 7) is 2.07. The van der Waals surface area contributed by atoms with Gasteiger partial charge in [0.1, 0.15) is 0 Å². The van der Waals surface area contributed by atoms with Crippen molar-refractivity contribution in [2.75, 3.05) is 30.7 Å². The maximum atomic E-state index is 12.0. The highest BCUT2D eigenvalue weighted by atomic mass is 16.2. The number of rotatable bonds is 3. The smallest absolute Gasteiger partial charge is 0.241 e. The van der Waals surface area contributed by atoms with Crippen molar-refractivity contribution in [1.82, 2.24) is 9.88 Å². The van der Waals surface area contributed by atoms with E-state index in [4.69, 9.17) is 5.73 Å². The molecule has 3 rings (SSSR count). The predicted octanol–water partition coefficient (Wildman–Crippen LogP) is 1.85. The zero-order valence-electron chi connectivity index (χ0n) is 11.3. The highest BCUT2D eigenvalue weighted by Crippen LogP contribution is 2.27. The Morgan fingerprint density at radius 1 is 1.25 bits per heavy atom. The number of pyridine rings is 1. The minimum Gasteiger partial charge on any atom is -0.398 e. The van der Waals surface area contributed by atoms with Gasteiger partial charge < -0.3 is 16.0 Å². The first kappa shape index (κ1) is 12.7. The third-order valence-electron chi connectivity index (χ3n) is 3.74. The summed E-state index contributed by atoms with van der Waals surface area (Å²) in [5.41, 5.74) is 7.57. The van der Waals surface area contributed by atoms with Crippen molar-refractivity contribution in [3.05, 3.63) is 30.6 Å². The van der Waals surface area contributed by atoms with Gasteiger partial charge in [-0.25, -0.2) is 0 Å². The van der Waals surface area contributed by atoms with Crippen molar-refractivity contribution in [3.8, 4) is 0 Å². The molecule has 1 saturated heterocycles. The Balaban J connectivity index is 1.77. The van der Waals surface area contributed by atoms with Crippen molar-refractivity contribution in [3.63, 3.8) is 0 Å². The minimum absolute atomic E-state index is 0.149. The van der Waals surface area contributed by atoms with Gasteiger partial charge >= 0.3 is 0 Å². The Labute approximate surface area is 117 Å². The molecule has 3 N–H and O–H groups in total. The number of nitrogens with two attached hydrogens (primary N) is 1. The molecule has 0 unspecified atom stereocenters. The van der Waals surface area contributed by atoms with E-state index in [9.17, 15) is 4.79 Å². The van der Waals surface area contributed by atoms with Gasteiger partial charge in [-0.2, -0.15) is 0 Å². The number of amides is 1. The van der Waals surface area contributed by atoms with E-state index in [1.54, 1.807) is 12.4 Å². The minimum atomic E-state index is 0.149. The lowest BCUT2D eigenvalue weighted by Gasteiger charge is -2.17. The molecule has 1 aromatic heterocycles. The molecule has 0 bridgehead atoms. The van der Waals surface area contributed by atoms with Crippen LogP contribution in [0, 0.1) is 0 Å². The summed E-state index contributed by atoms with van der Waals surface area (Å²) in [7, 11) is 0. The third kappa shape index (κ3) is 2.39. The molecule has 1 aliphatic heterocycles. The highest BCUT2D eigenvalue weighted by molar-refractivity contribution is 6.01. The predicted molar refractivity (Wildman–Crippen MR) is 80.5 cm³/mol. The van der Waals surface area contributed by atoms with E-state index in [-0.39, 0.29) is 5.91 Å². The fraction of sp³-hybridized carbons (Fsp3) is 0.333. The Morgan fingerprint density at radius 3 is 2.85 bits per heavy atom. The van der Waals surface area contributed by atoms with Crippen molar-refractivity contribution < 1.29 is 4.79 Å². The second kappa shape index (κ2) is 5.36. The average molecular weight is 270 g/mol. The topological polar surface area (TPSA) is 71.2 Å². The maximum absolute atomic E-state index is 12.0. The normalized spacial score (nSPS) is 14.7. The summed E-state index contributed by atoms with van der Waals surface area (Å²) < 4.78 is 0. The van der Waals surface area contributed by atoms with Crippen molar-refractivity contribution in [2.24, 2.45) is 0 Å². The first-order valence-corrected chi connectivity index (χ1v) is 6.89. The van der Waals surface area contributed by atoms with Gasteiger partial charge in [0, 0.05) is 47.6 Å². The number of likely N-dealkylation sites (tertiary alicyclic amines) is 1. The van der Waals surface area contributed by atoms with Gasteiger partial charge in [-0.1, -0.05) is 0 Å². The van der Waals surface area contributed by atoms with Crippen LogP contribution in [0.4, 0.5) is 11.4 Å². The molecule has 0 radical (unpaired) electrons. The summed E-state index contributed by atoms with van der Waals surface area (Å²) in [5.74, 6) is 0.149. The zero-order chi connectivity index (χ0) is 13.9. The van der Waals surface area contributed by atoms with Gasteiger partial charge in [-0.3, -0.25) is 9.78 Å². The molecule has 1 amide bonds. The Morgan fingerprint density at radius 2 is 2.05 bits per heavy atom. The molecule has 20 heavy (non-hydrogen) atoms. The molecular formula is C15H18N4O. The van der Waals surface area contributed by atoms with Crippen LogP contribution in [0.1, 0.15) is 12.8 Å². The number of nitrogen functional groups attached to an aromatic ring is 1. The van der Waals surface area contributed by atoms with E-state index in [0.717, 1.165) is 48.1 Å². The first-order valence-electron chi connectivity index (χ1n) is 6.89. The van der Waals surface area contributed by atoms with E-state index in [2.05, 4.69) is 10.3 Å². The van der Waals surface area contributed by atoms with Gasteiger partial charge in [0.05, 0.1) is 6.54 Å². The number of nitrogens with zero attached hydrogens (tertiary/aromatic N) is 2. The van der Waals surface area contributed by atoms with Crippen LogP contribution in [-0.2, 0) is 4.79 Å². The highest BCUT2D eigenvalue weighted by Gasteiger charge is 2.17. The molecule has 2 aromatic rings. The SMILES string of the molecule is Nc1ccc(NCC(=O)N2CCCC2)c2cnccc12. The summed E-state index contributed by atoms with van der Waals surface area (Å²) in [5, 5.41) is 5.11. The van der Waals surface area contributed by atoms with Crippen LogP contribution in [0.5, 0.6) is 0 Å². The standard InChI is InChI=1S/C15H18N4O/c16-13-3-4-14(12-9-17-6-5-11(12)13)18-10-15(20)19-7-1-2-8-19/h3-6,9,18H,1-2,7-8,10,16H2. The summed E-state index contributed by atoms with van der Waals surface area (Å²) in [4.78, 5) is 18.1. The first-order chi connectivity index (χ1) is 9.75. The van der Waals surface area contributed by atoms with Crippen LogP contribution >= 0.6 is 0 Å². The number of hydrogen-bond donors (Lipinski definition) is 2. The molecule has 5 heteroatoms. The van der Waals surface area contributed by atoms with Crippen molar-refractivity contribution >= 4 is 28.1 Å². The zero-order valence-corrected chi connectivity index (χ0v) is 11.3. The summed E-state index contributed by atoms with van der Waals surface area (Å²) in [6.07, 6.45) is 5.72. The van der Waals surface area contributed by atoms with Crippen LogP contribution in [0.15, 0.2) is 30.6 Å². The number of fused-ring (bicyclic) bond motifs is 1. The fourth-order valence-corrected chi connectivity index (χ4v) is 2.62. The van der Waals surface area contributed by atoms with Crippen molar-refractivity contribution in [1.29, 1.82) is 0 Å². The van der Waals surface area contributed by atoms with Gasteiger partial charge in [-0.05, 0) is 31.0 Å². The largest absolute Gasteiger partial charge is 0.398 e. The number of nitrogens with one attached hydrogen (secondary N) is 1. The number of hydrogen-bond acceptors (Lipinski definition) is 4. The third-order valence-corrected chi connectivity index (χ3v) is 3.74. The van der Waals surface area contributed by atoms with Crippen LogP contribution in [0.2, 0.25) is 0 Å². The second-order valence-corrected chi connectivity index (χ2v) is 5.07. The molecule has 0 spiro atoms. The lowest BCUT2D eigenvalue weighted by Crippen LogP contribution is -2.33. The van der Waals surface area contributed by atoms with Crippen molar-refractivity contribution in [2.45, 2.75) is 12.8 Å². The Hall–Kier alpha value is -2.30. The lowest BCUT2D eigenvalue weighted by atomic mass is 10.1. The molecule has 1 fully saturated rings. The quantitative estimate of drug-likeness (QED) is 0.835. The number of carbonyl (C=O) groups excluding carboxylic acids is 1. The van der Waals surface area contributed by atoms with E-state index < -0.39 is 0 Å². The van der Waals surface area contributed by atoms with Gasteiger partial charge in [0.15, 0.2) is 0 Å².